The number of rotatable bonds is 5. The third kappa shape index (κ3) is 3.74. The summed E-state index contributed by atoms with van der Waals surface area (Å²) in [6.45, 7) is 0. The van der Waals surface area contributed by atoms with Crippen molar-refractivity contribution in [2.75, 3.05) is 0 Å². The van der Waals surface area contributed by atoms with Crippen molar-refractivity contribution in [3.8, 4) is 16.9 Å². The smallest absolute Gasteiger partial charge is 0.0969 e. The van der Waals surface area contributed by atoms with Gasteiger partial charge in [-0.25, -0.2) is 4.68 Å². The minimum Gasteiger partial charge on any atom is -0.361 e. The van der Waals surface area contributed by atoms with Crippen LogP contribution in [0, 0.1) is 0 Å². The summed E-state index contributed by atoms with van der Waals surface area (Å²) in [5, 5.41) is 8.24. The van der Waals surface area contributed by atoms with E-state index >= 15 is 0 Å². The van der Waals surface area contributed by atoms with Crippen LogP contribution in [0.5, 0.6) is 0 Å². The molecule has 7 rings (SSSR count). The van der Waals surface area contributed by atoms with Gasteiger partial charge < -0.3 is 9.97 Å². The van der Waals surface area contributed by atoms with Crippen LogP contribution in [0.15, 0.2) is 122 Å². The summed E-state index contributed by atoms with van der Waals surface area (Å²) in [4.78, 5) is 7.00. The van der Waals surface area contributed by atoms with Crippen LogP contribution in [0.25, 0.3) is 38.8 Å². The number of fused-ring (bicyclic) bond motifs is 2. The second-order valence-corrected chi connectivity index (χ2v) is 9.67. The van der Waals surface area contributed by atoms with Crippen LogP contribution in [0.2, 0.25) is 5.02 Å². The normalized spacial score (nSPS) is 11.6. The second-order valence-electron chi connectivity index (χ2n) is 9.23. The summed E-state index contributed by atoms with van der Waals surface area (Å²) in [5.74, 6) is -0.0598. The Balaban J connectivity index is 1.54. The van der Waals surface area contributed by atoms with Gasteiger partial charge in [0, 0.05) is 62.5 Å². The van der Waals surface area contributed by atoms with Gasteiger partial charge in [-0.05, 0) is 47.5 Å². The molecule has 37 heavy (non-hydrogen) atoms. The second kappa shape index (κ2) is 8.84. The molecule has 7 aromatic rings. The molecule has 0 saturated carbocycles. The van der Waals surface area contributed by atoms with E-state index in [1.807, 2.05) is 47.1 Å². The van der Waals surface area contributed by atoms with Crippen LogP contribution >= 0.6 is 11.6 Å². The predicted molar refractivity (Wildman–Crippen MR) is 152 cm³/mol. The first-order valence-corrected chi connectivity index (χ1v) is 12.7. The third-order valence-electron chi connectivity index (χ3n) is 7.06. The summed E-state index contributed by atoms with van der Waals surface area (Å²) >= 11 is 6.26. The van der Waals surface area contributed by atoms with Crippen LogP contribution in [0.4, 0.5) is 0 Å². The van der Waals surface area contributed by atoms with Crippen molar-refractivity contribution in [3.63, 3.8) is 0 Å². The van der Waals surface area contributed by atoms with Crippen LogP contribution in [-0.2, 0) is 0 Å². The Morgan fingerprint density at radius 3 is 1.81 bits per heavy atom. The van der Waals surface area contributed by atoms with Crippen molar-refractivity contribution in [2.45, 2.75) is 5.92 Å². The van der Waals surface area contributed by atoms with Crippen molar-refractivity contribution >= 4 is 33.4 Å². The number of halogens is 1. The Morgan fingerprint density at radius 1 is 0.622 bits per heavy atom. The standard InChI is InChI=1S/C32H23ClN4/c33-22-16-14-21(15-17-22)32-28(20-37(36-32)23-8-2-1-3-9-23)31(26-18-34-29-12-6-4-10-24(26)29)27-19-35-30-13-7-5-11-25(27)30/h1-20,31,34-35H. The molecule has 3 heterocycles. The molecule has 0 aliphatic carbocycles. The molecule has 5 heteroatoms. The molecular weight excluding hydrogens is 476 g/mol. The lowest BCUT2D eigenvalue weighted by molar-refractivity contribution is 0.882. The van der Waals surface area contributed by atoms with Gasteiger partial charge in [0.05, 0.1) is 11.4 Å². The van der Waals surface area contributed by atoms with Crippen LogP contribution in [0.1, 0.15) is 22.6 Å². The lowest BCUT2D eigenvalue weighted by atomic mass is 9.84. The summed E-state index contributed by atoms with van der Waals surface area (Å²) in [6, 6.07) is 35.1. The van der Waals surface area contributed by atoms with Gasteiger partial charge in [0.25, 0.3) is 0 Å². The molecule has 0 saturated heterocycles. The van der Waals surface area contributed by atoms with E-state index < -0.39 is 0 Å². The topological polar surface area (TPSA) is 49.4 Å². The van der Waals surface area contributed by atoms with E-state index in [0.717, 1.165) is 33.5 Å². The van der Waals surface area contributed by atoms with Crippen molar-refractivity contribution in [2.24, 2.45) is 0 Å². The Bertz CT molecular complexity index is 1770. The highest BCUT2D eigenvalue weighted by molar-refractivity contribution is 6.30. The highest BCUT2D eigenvalue weighted by Crippen LogP contribution is 2.43. The molecule has 0 amide bonds. The highest BCUT2D eigenvalue weighted by Gasteiger charge is 2.28. The average molecular weight is 499 g/mol. The van der Waals surface area contributed by atoms with E-state index in [2.05, 4.69) is 89.2 Å². The maximum atomic E-state index is 6.26. The van der Waals surface area contributed by atoms with Crippen LogP contribution in [-0.4, -0.2) is 19.7 Å². The molecule has 0 bridgehead atoms. The van der Waals surface area contributed by atoms with Gasteiger partial charge in [-0.15, -0.1) is 0 Å². The molecule has 0 atom stereocenters. The van der Waals surface area contributed by atoms with Gasteiger partial charge in [0.1, 0.15) is 0 Å². The van der Waals surface area contributed by atoms with Gasteiger partial charge in [0.2, 0.25) is 0 Å². The minimum absolute atomic E-state index is 0.0598. The average Bonchev–Trinajstić information content (AvgIpc) is 3.68. The zero-order valence-corrected chi connectivity index (χ0v) is 20.7. The number of H-pyrrole nitrogens is 2. The maximum absolute atomic E-state index is 6.26. The first-order chi connectivity index (χ1) is 18.3. The first kappa shape index (κ1) is 21.7. The third-order valence-corrected chi connectivity index (χ3v) is 7.31. The number of hydrogen-bond donors (Lipinski definition) is 2. The number of benzene rings is 4. The fourth-order valence-electron chi connectivity index (χ4n) is 5.31. The van der Waals surface area contributed by atoms with E-state index in [-0.39, 0.29) is 5.92 Å². The monoisotopic (exact) mass is 498 g/mol. The van der Waals surface area contributed by atoms with Gasteiger partial charge in [0.15, 0.2) is 0 Å². The van der Waals surface area contributed by atoms with Gasteiger partial charge in [-0.2, -0.15) is 5.10 Å². The number of aromatic amines is 2. The first-order valence-electron chi connectivity index (χ1n) is 12.3. The van der Waals surface area contributed by atoms with E-state index in [9.17, 15) is 0 Å². The van der Waals surface area contributed by atoms with Crippen molar-refractivity contribution in [3.05, 3.63) is 143 Å². The van der Waals surface area contributed by atoms with E-state index in [1.165, 1.54) is 21.9 Å². The Hall–Kier alpha value is -4.54. The van der Waals surface area contributed by atoms with E-state index in [1.54, 1.807) is 0 Å². The fraction of sp³-hybridized carbons (Fsp3) is 0.0312. The van der Waals surface area contributed by atoms with Crippen molar-refractivity contribution in [1.29, 1.82) is 0 Å². The molecular formula is C32H23ClN4. The lowest BCUT2D eigenvalue weighted by Crippen LogP contribution is -2.03. The number of hydrogen-bond acceptors (Lipinski definition) is 1. The van der Waals surface area contributed by atoms with E-state index in [4.69, 9.17) is 16.7 Å². The van der Waals surface area contributed by atoms with Crippen LogP contribution in [0.3, 0.4) is 0 Å². The Labute approximate surface area is 219 Å². The zero-order chi connectivity index (χ0) is 24.8. The molecule has 0 unspecified atom stereocenters. The number of aromatic nitrogens is 4. The maximum Gasteiger partial charge on any atom is 0.0969 e. The lowest BCUT2D eigenvalue weighted by Gasteiger charge is -2.17. The van der Waals surface area contributed by atoms with Gasteiger partial charge in [-0.3, -0.25) is 0 Å². The van der Waals surface area contributed by atoms with Gasteiger partial charge >= 0.3 is 0 Å². The van der Waals surface area contributed by atoms with Crippen molar-refractivity contribution < 1.29 is 0 Å². The van der Waals surface area contributed by atoms with Crippen LogP contribution < -0.4 is 0 Å². The minimum atomic E-state index is -0.0598. The quantitative estimate of drug-likeness (QED) is 0.246. The SMILES string of the molecule is Clc1ccc(-c2nn(-c3ccccc3)cc2C(c2c[nH]c3ccccc23)c2c[nH]c3ccccc23)cc1. The molecule has 0 aliphatic heterocycles. The fourth-order valence-corrected chi connectivity index (χ4v) is 5.44. The zero-order valence-electron chi connectivity index (χ0n) is 19.9. The molecule has 178 valence electrons. The molecule has 0 fully saturated rings. The molecule has 4 aromatic carbocycles. The number of nitrogens with zero attached hydrogens (tertiary/aromatic N) is 2. The van der Waals surface area contributed by atoms with Crippen molar-refractivity contribution in [1.82, 2.24) is 19.7 Å². The number of nitrogens with one attached hydrogen (secondary N) is 2. The van der Waals surface area contributed by atoms with Gasteiger partial charge in [-0.1, -0.05) is 78.3 Å². The Kier molecular flexibility index (Phi) is 5.19. The summed E-state index contributed by atoms with van der Waals surface area (Å²) in [7, 11) is 0. The summed E-state index contributed by atoms with van der Waals surface area (Å²) < 4.78 is 1.98. The molecule has 0 radical (unpaired) electrons. The summed E-state index contributed by atoms with van der Waals surface area (Å²) in [5.41, 5.74) is 8.75. The number of para-hydroxylation sites is 3. The van der Waals surface area contributed by atoms with E-state index in [0.29, 0.717) is 5.02 Å². The Morgan fingerprint density at radius 2 is 1.19 bits per heavy atom. The molecule has 2 N–H and O–H groups in total. The molecule has 3 aromatic heterocycles. The predicted octanol–water partition coefficient (Wildman–Crippen LogP) is 8.34. The molecule has 0 aliphatic rings. The highest BCUT2D eigenvalue weighted by atomic mass is 35.5. The molecule has 0 spiro atoms. The molecule has 4 nitrogen and oxygen atoms in total. The largest absolute Gasteiger partial charge is 0.361 e. The summed E-state index contributed by atoms with van der Waals surface area (Å²) in [6.07, 6.45) is 6.46.